The summed E-state index contributed by atoms with van der Waals surface area (Å²) in [6, 6.07) is 5.93. The Balaban J connectivity index is 2.63. The summed E-state index contributed by atoms with van der Waals surface area (Å²) in [6.45, 7) is 3.42. The number of ether oxygens (including phenoxy) is 2. The molecule has 0 amide bonds. The van der Waals surface area contributed by atoms with Crippen molar-refractivity contribution in [3.63, 3.8) is 0 Å². The van der Waals surface area contributed by atoms with E-state index in [2.05, 4.69) is 4.74 Å². The zero-order chi connectivity index (χ0) is 13.5. The van der Waals surface area contributed by atoms with Gasteiger partial charge >= 0.3 is 12.3 Å². The Kier molecular flexibility index (Phi) is 5.30. The molecule has 0 aromatic heterocycles. The molecule has 0 fully saturated rings. The average Bonchev–Trinajstić information content (AvgIpc) is 2.39. The van der Waals surface area contributed by atoms with Crippen molar-refractivity contribution < 1.29 is 23.5 Å². The zero-order valence-corrected chi connectivity index (χ0v) is 10.3. The van der Waals surface area contributed by atoms with E-state index in [9.17, 15) is 14.0 Å². The number of hydrogen-bond donors (Lipinski definition) is 0. The molecule has 4 nitrogen and oxygen atoms in total. The second kappa shape index (κ2) is 6.74. The molecule has 0 aliphatic carbocycles. The Labute approximate surface area is 105 Å². The van der Waals surface area contributed by atoms with Gasteiger partial charge in [0.1, 0.15) is 5.75 Å². The van der Waals surface area contributed by atoms with E-state index in [0.29, 0.717) is 12.0 Å². The Bertz CT molecular complexity index is 414. The van der Waals surface area contributed by atoms with Gasteiger partial charge in [-0.2, -0.15) is 4.39 Å². The van der Waals surface area contributed by atoms with E-state index in [1.807, 2.05) is 0 Å². The fraction of sp³-hybridized carbons (Fsp3) is 0.385. The largest absolute Gasteiger partial charge is 0.461 e. The molecule has 0 aliphatic heterocycles. The minimum absolute atomic E-state index is 0.0104. The standard InChI is InChI=1S/C13H15FO4/c1-3-11(15)9-5-7-10(8-6-9)18-12(14)13(16)17-4-2/h5-8,12H,3-4H2,1-2H3. The van der Waals surface area contributed by atoms with Gasteiger partial charge in [-0.1, -0.05) is 6.92 Å². The van der Waals surface area contributed by atoms with Gasteiger partial charge in [0, 0.05) is 12.0 Å². The number of carbonyl (C=O) groups is 2. The number of alkyl halides is 1. The van der Waals surface area contributed by atoms with E-state index in [1.54, 1.807) is 13.8 Å². The van der Waals surface area contributed by atoms with Crippen LogP contribution >= 0.6 is 0 Å². The predicted molar refractivity (Wildman–Crippen MR) is 63.2 cm³/mol. The van der Waals surface area contributed by atoms with E-state index in [4.69, 9.17) is 4.74 Å². The van der Waals surface area contributed by atoms with Crippen molar-refractivity contribution in [2.45, 2.75) is 26.6 Å². The lowest BCUT2D eigenvalue weighted by Crippen LogP contribution is -2.24. The molecule has 0 N–H and O–H groups in total. The molecule has 18 heavy (non-hydrogen) atoms. The van der Waals surface area contributed by atoms with Crippen LogP contribution in [0.15, 0.2) is 24.3 Å². The van der Waals surface area contributed by atoms with Crippen molar-refractivity contribution in [3.05, 3.63) is 29.8 Å². The first kappa shape index (κ1) is 14.2. The van der Waals surface area contributed by atoms with Gasteiger partial charge in [-0.3, -0.25) is 4.79 Å². The molecule has 1 atom stereocenters. The van der Waals surface area contributed by atoms with E-state index < -0.39 is 12.3 Å². The molecule has 0 aliphatic rings. The number of ketones is 1. The summed E-state index contributed by atoms with van der Waals surface area (Å²) >= 11 is 0. The summed E-state index contributed by atoms with van der Waals surface area (Å²) in [6.07, 6.45) is -1.76. The molecule has 0 saturated carbocycles. The van der Waals surface area contributed by atoms with Crippen LogP contribution in [-0.4, -0.2) is 24.7 Å². The minimum atomic E-state index is -2.15. The minimum Gasteiger partial charge on any atom is -0.461 e. The van der Waals surface area contributed by atoms with Gasteiger partial charge in [0.2, 0.25) is 0 Å². The van der Waals surface area contributed by atoms with Crippen LogP contribution in [0, 0.1) is 0 Å². The van der Waals surface area contributed by atoms with Crippen molar-refractivity contribution in [1.82, 2.24) is 0 Å². The highest BCUT2D eigenvalue weighted by Gasteiger charge is 2.20. The third-order valence-corrected chi connectivity index (χ3v) is 2.21. The SMILES string of the molecule is CCOC(=O)C(F)Oc1ccc(C(=O)CC)cc1. The van der Waals surface area contributed by atoms with Gasteiger partial charge in [-0.25, -0.2) is 4.79 Å². The van der Waals surface area contributed by atoms with Crippen molar-refractivity contribution in [3.8, 4) is 5.75 Å². The van der Waals surface area contributed by atoms with Gasteiger partial charge in [-0.05, 0) is 31.2 Å². The number of benzene rings is 1. The van der Waals surface area contributed by atoms with Crippen LogP contribution in [0.3, 0.4) is 0 Å². The topological polar surface area (TPSA) is 52.6 Å². The lowest BCUT2D eigenvalue weighted by atomic mass is 10.1. The monoisotopic (exact) mass is 254 g/mol. The Morgan fingerprint density at radius 3 is 2.33 bits per heavy atom. The van der Waals surface area contributed by atoms with Crippen LogP contribution < -0.4 is 4.74 Å². The molecule has 1 unspecified atom stereocenters. The van der Waals surface area contributed by atoms with Gasteiger partial charge in [0.15, 0.2) is 5.78 Å². The third kappa shape index (κ3) is 3.84. The molecule has 0 spiro atoms. The quantitative estimate of drug-likeness (QED) is 0.578. The van der Waals surface area contributed by atoms with Crippen molar-refractivity contribution in [2.75, 3.05) is 6.61 Å². The first-order valence-corrected chi connectivity index (χ1v) is 5.69. The number of Topliss-reactive ketones (excluding diaryl/α,β-unsaturated/α-hetero) is 1. The second-order valence-electron chi connectivity index (χ2n) is 3.49. The molecule has 0 heterocycles. The first-order chi connectivity index (χ1) is 8.58. The summed E-state index contributed by atoms with van der Waals surface area (Å²) in [5.41, 5.74) is 0.524. The molecule has 98 valence electrons. The smallest absolute Gasteiger partial charge is 0.381 e. The van der Waals surface area contributed by atoms with Crippen molar-refractivity contribution in [1.29, 1.82) is 0 Å². The summed E-state index contributed by atoms with van der Waals surface area (Å²) in [5.74, 6) is -0.904. The second-order valence-corrected chi connectivity index (χ2v) is 3.49. The number of halogens is 1. The van der Waals surface area contributed by atoms with Crippen molar-refractivity contribution in [2.24, 2.45) is 0 Å². The average molecular weight is 254 g/mol. The number of rotatable bonds is 6. The van der Waals surface area contributed by atoms with Crippen LogP contribution in [0.25, 0.3) is 0 Å². The predicted octanol–water partition coefficient (Wildman–Crippen LogP) is 2.52. The van der Waals surface area contributed by atoms with Crippen LogP contribution in [0.2, 0.25) is 0 Å². The van der Waals surface area contributed by atoms with Gasteiger partial charge in [0.05, 0.1) is 6.61 Å². The maximum absolute atomic E-state index is 13.2. The van der Waals surface area contributed by atoms with Gasteiger partial charge in [-0.15, -0.1) is 0 Å². The molecule has 5 heteroatoms. The fourth-order valence-corrected chi connectivity index (χ4v) is 1.30. The molecule has 0 saturated heterocycles. The van der Waals surface area contributed by atoms with E-state index >= 15 is 0 Å². The summed E-state index contributed by atoms with van der Waals surface area (Å²) in [5, 5.41) is 0. The molecule has 1 aromatic rings. The van der Waals surface area contributed by atoms with E-state index in [1.165, 1.54) is 24.3 Å². The van der Waals surface area contributed by atoms with Crippen LogP contribution in [0.1, 0.15) is 30.6 Å². The summed E-state index contributed by atoms with van der Waals surface area (Å²) < 4.78 is 22.4. The summed E-state index contributed by atoms with van der Waals surface area (Å²) in [7, 11) is 0. The molecule has 1 aromatic carbocycles. The number of hydrogen-bond acceptors (Lipinski definition) is 4. The van der Waals surface area contributed by atoms with E-state index in [-0.39, 0.29) is 18.1 Å². The normalized spacial score (nSPS) is 11.7. The molecular formula is C13H15FO4. The Hall–Kier alpha value is -1.91. The maximum atomic E-state index is 13.2. The Morgan fingerprint density at radius 1 is 1.22 bits per heavy atom. The van der Waals surface area contributed by atoms with Crippen LogP contribution in [0.4, 0.5) is 4.39 Å². The molecule has 1 rings (SSSR count). The van der Waals surface area contributed by atoms with Gasteiger partial charge in [0.25, 0.3) is 0 Å². The maximum Gasteiger partial charge on any atom is 0.381 e. The Morgan fingerprint density at radius 2 is 1.83 bits per heavy atom. The zero-order valence-electron chi connectivity index (χ0n) is 10.3. The highest BCUT2D eigenvalue weighted by Crippen LogP contribution is 2.15. The van der Waals surface area contributed by atoms with Gasteiger partial charge < -0.3 is 9.47 Å². The fourth-order valence-electron chi connectivity index (χ4n) is 1.30. The number of esters is 1. The van der Waals surface area contributed by atoms with Crippen molar-refractivity contribution >= 4 is 11.8 Å². The van der Waals surface area contributed by atoms with Crippen LogP contribution in [0.5, 0.6) is 5.75 Å². The lowest BCUT2D eigenvalue weighted by molar-refractivity contribution is -0.159. The van der Waals surface area contributed by atoms with Crippen LogP contribution in [-0.2, 0) is 9.53 Å². The molecule has 0 radical (unpaired) electrons. The highest BCUT2D eigenvalue weighted by molar-refractivity contribution is 5.95. The summed E-state index contributed by atoms with van der Waals surface area (Å²) in [4.78, 5) is 22.3. The van der Waals surface area contributed by atoms with E-state index in [0.717, 1.165) is 0 Å². The first-order valence-electron chi connectivity index (χ1n) is 5.69. The molecular weight excluding hydrogens is 239 g/mol. The molecule has 0 bridgehead atoms. The highest BCUT2D eigenvalue weighted by atomic mass is 19.1. The lowest BCUT2D eigenvalue weighted by Gasteiger charge is -2.10. The number of carbonyl (C=O) groups excluding carboxylic acids is 2. The third-order valence-electron chi connectivity index (χ3n) is 2.21.